The van der Waals surface area contributed by atoms with Crippen LogP contribution in [0, 0.1) is 0 Å². The molecule has 0 amide bonds. The topological polar surface area (TPSA) is 26.0 Å². The molecule has 0 radical (unpaired) electrons. The van der Waals surface area contributed by atoms with Crippen LogP contribution < -0.4 is 5.73 Å². The van der Waals surface area contributed by atoms with Crippen molar-refractivity contribution >= 4 is 12.4 Å². The molecule has 0 aromatic heterocycles. The van der Waals surface area contributed by atoms with Crippen molar-refractivity contribution in [3.8, 4) is 0 Å². The van der Waals surface area contributed by atoms with Crippen molar-refractivity contribution in [3.05, 3.63) is 0 Å². The monoisotopic (exact) mass is 189 g/mol. The Morgan fingerprint density at radius 3 is 2.00 bits per heavy atom. The number of halogens is 4. The molecule has 1 aliphatic carbocycles. The van der Waals surface area contributed by atoms with Gasteiger partial charge in [0.2, 0.25) is 0 Å². The maximum absolute atomic E-state index is 12.2. The van der Waals surface area contributed by atoms with E-state index in [2.05, 4.69) is 0 Å². The molecule has 2 N–H and O–H groups in total. The summed E-state index contributed by atoms with van der Waals surface area (Å²) in [5.74, 6) is -2.64. The quantitative estimate of drug-likeness (QED) is 0.706. The van der Waals surface area contributed by atoms with Crippen LogP contribution in [0.4, 0.5) is 13.2 Å². The van der Waals surface area contributed by atoms with E-state index in [-0.39, 0.29) is 31.7 Å². The number of nitrogens with two attached hydrogens (primary N) is 1. The SMILES string of the molecule is Cl.NC1(CCF)CC(F)(F)C1. The van der Waals surface area contributed by atoms with Gasteiger partial charge in [-0.1, -0.05) is 0 Å². The van der Waals surface area contributed by atoms with Crippen molar-refractivity contribution < 1.29 is 13.2 Å². The van der Waals surface area contributed by atoms with E-state index in [0.717, 1.165) is 0 Å². The summed E-state index contributed by atoms with van der Waals surface area (Å²) in [4.78, 5) is 0. The predicted molar refractivity (Wildman–Crippen MR) is 38.9 cm³/mol. The number of rotatable bonds is 2. The summed E-state index contributed by atoms with van der Waals surface area (Å²) in [6.07, 6.45) is -0.656. The molecule has 0 aliphatic heterocycles. The molecule has 0 aromatic carbocycles. The van der Waals surface area contributed by atoms with Crippen LogP contribution in [0.3, 0.4) is 0 Å². The molecule has 0 atom stereocenters. The van der Waals surface area contributed by atoms with Gasteiger partial charge in [0, 0.05) is 18.4 Å². The zero-order chi connectivity index (χ0) is 7.83. The van der Waals surface area contributed by atoms with Crippen molar-refractivity contribution in [1.82, 2.24) is 0 Å². The van der Waals surface area contributed by atoms with Gasteiger partial charge in [0.15, 0.2) is 0 Å². The second kappa shape index (κ2) is 3.19. The first-order chi connectivity index (χ1) is 4.47. The van der Waals surface area contributed by atoms with Crippen molar-refractivity contribution in [2.75, 3.05) is 6.67 Å². The van der Waals surface area contributed by atoms with Crippen molar-refractivity contribution in [2.45, 2.75) is 30.7 Å². The molecule has 0 saturated heterocycles. The van der Waals surface area contributed by atoms with E-state index in [4.69, 9.17) is 5.73 Å². The van der Waals surface area contributed by atoms with Crippen molar-refractivity contribution in [2.24, 2.45) is 5.73 Å². The Morgan fingerprint density at radius 1 is 1.27 bits per heavy atom. The molecule has 1 saturated carbocycles. The molecule has 0 bridgehead atoms. The summed E-state index contributed by atoms with van der Waals surface area (Å²) in [5.41, 5.74) is 4.45. The molecule has 1 nitrogen and oxygen atoms in total. The van der Waals surface area contributed by atoms with Gasteiger partial charge in [0.05, 0.1) is 6.67 Å². The van der Waals surface area contributed by atoms with Gasteiger partial charge in [0.25, 0.3) is 5.92 Å². The molecule has 1 fully saturated rings. The van der Waals surface area contributed by atoms with E-state index in [1.54, 1.807) is 0 Å². The highest BCUT2D eigenvalue weighted by atomic mass is 35.5. The van der Waals surface area contributed by atoms with Gasteiger partial charge in [-0.05, 0) is 6.42 Å². The van der Waals surface area contributed by atoms with E-state index in [9.17, 15) is 13.2 Å². The van der Waals surface area contributed by atoms with Crippen LogP contribution in [0.2, 0.25) is 0 Å². The van der Waals surface area contributed by atoms with Gasteiger partial charge in [-0.3, -0.25) is 4.39 Å². The summed E-state index contributed by atoms with van der Waals surface area (Å²) in [6, 6.07) is 0. The van der Waals surface area contributed by atoms with Crippen LogP contribution in [0.25, 0.3) is 0 Å². The van der Waals surface area contributed by atoms with E-state index < -0.39 is 18.1 Å². The number of hydrogen-bond donors (Lipinski definition) is 1. The van der Waals surface area contributed by atoms with E-state index in [1.807, 2.05) is 0 Å². The van der Waals surface area contributed by atoms with E-state index in [0.29, 0.717) is 0 Å². The van der Waals surface area contributed by atoms with Gasteiger partial charge in [-0.2, -0.15) is 0 Å². The fourth-order valence-corrected chi connectivity index (χ4v) is 1.34. The fraction of sp³-hybridized carbons (Fsp3) is 1.00. The third-order valence-corrected chi connectivity index (χ3v) is 1.81. The highest BCUT2D eigenvalue weighted by Crippen LogP contribution is 2.45. The van der Waals surface area contributed by atoms with Crippen LogP contribution >= 0.6 is 12.4 Å². The van der Waals surface area contributed by atoms with Crippen LogP contribution in [0.1, 0.15) is 19.3 Å². The average molecular weight is 190 g/mol. The Morgan fingerprint density at radius 2 is 1.73 bits per heavy atom. The number of alkyl halides is 3. The molecule has 68 valence electrons. The Bertz CT molecular complexity index is 132. The summed E-state index contributed by atoms with van der Waals surface area (Å²) in [7, 11) is 0. The van der Waals surface area contributed by atoms with Crippen LogP contribution in [-0.4, -0.2) is 18.1 Å². The van der Waals surface area contributed by atoms with Crippen molar-refractivity contribution in [3.63, 3.8) is 0 Å². The minimum atomic E-state index is -2.64. The lowest BCUT2D eigenvalue weighted by molar-refractivity contribution is -0.125. The predicted octanol–water partition coefficient (Wildman–Crippen LogP) is 1.89. The van der Waals surface area contributed by atoms with Gasteiger partial charge >= 0.3 is 0 Å². The fourth-order valence-electron chi connectivity index (χ4n) is 1.34. The molecular formula is C6H11ClF3N. The van der Waals surface area contributed by atoms with Crippen LogP contribution in [0.15, 0.2) is 0 Å². The second-order valence-corrected chi connectivity index (χ2v) is 3.01. The zero-order valence-electron chi connectivity index (χ0n) is 5.95. The lowest BCUT2D eigenvalue weighted by atomic mass is 9.72. The maximum Gasteiger partial charge on any atom is 0.251 e. The van der Waals surface area contributed by atoms with Crippen LogP contribution in [0.5, 0.6) is 0 Å². The van der Waals surface area contributed by atoms with E-state index >= 15 is 0 Å². The summed E-state index contributed by atoms with van der Waals surface area (Å²) < 4.78 is 35.9. The third-order valence-electron chi connectivity index (χ3n) is 1.81. The molecule has 11 heavy (non-hydrogen) atoms. The second-order valence-electron chi connectivity index (χ2n) is 3.01. The smallest absolute Gasteiger partial charge is 0.251 e. The van der Waals surface area contributed by atoms with E-state index in [1.165, 1.54) is 0 Å². The first-order valence-corrected chi connectivity index (χ1v) is 3.20. The molecule has 0 unspecified atom stereocenters. The lowest BCUT2D eigenvalue weighted by Crippen LogP contribution is -2.58. The third kappa shape index (κ3) is 2.52. The van der Waals surface area contributed by atoms with Gasteiger partial charge in [-0.15, -0.1) is 12.4 Å². The normalized spacial score (nSPS) is 25.1. The molecule has 1 rings (SSSR count). The Hall–Kier alpha value is 0.0400. The highest BCUT2D eigenvalue weighted by Gasteiger charge is 2.53. The van der Waals surface area contributed by atoms with Crippen molar-refractivity contribution in [1.29, 1.82) is 0 Å². The maximum atomic E-state index is 12.2. The Labute approximate surface area is 69.5 Å². The average Bonchev–Trinajstić information content (AvgIpc) is 1.58. The summed E-state index contributed by atoms with van der Waals surface area (Å²) in [5, 5.41) is 0. The van der Waals surface area contributed by atoms with Gasteiger partial charge in [0.1, 0.15) is 0 Å². The molecule has 0 aromatic rings. The highest BCUT2D eigenvalue weighted by molar-refractivity contribution is 5.85. The van der Waals surface area contributed by atoms with Gasteiger partial charge in [-0.25, -0.2) is 8.78 Å². The Kier molecular flexibility index (Phi) is 3.20. The zero-order valence-corrected chi connectivity index (χ0v) is 6.76. The molecule has 1 aliphatic rings. The van der Waals surface area contributed by atoms with Gasteiger partial charge < -0.3 is 5.73 Å². The largest absolute Gasteiger partial charge is 0.325 e. The molecule has 0 heterocycles. The first-order valence-electron chi connectivity index (χ1n) is 3.20. The lowest BCUT2D eigenvalue weighted by Gasteiger charge is -2.44. The summed E-state index contributed by atoms with van der Waals surface area (Å²) >= 11 is 0. The molecule has 0 spiro atoms. The minimum absolute atomic E-state index is 0. The Balaban J connectivity index is 0.000001000. The minimum Gasteiger partial charge on any atom is -0.325 e. The first kappa shape index (κ1) is 11.0. The summed E-state index contributed by atoms with van der Waals surface area (Å²) in [6.45, 7) is -0.605. The number of hydrogen-bond acceptors (Lipinski definition) is 1. The molecular weight excluding hydrogens is 179 g/mol. The molecule has 5 heteroatoms. The van der Waals surface area contributed by atoms with Crippen LogP contribution in [-0.2, 0) is 0 Å². The standard InChI is InChI=1S/C6H10F3N.ClH/c7-2-1-5(10)3-6(8,9)4-5;/h1-4,10H2;1H.